The van der Waals surface area contributed by atoms with E-state index in [-0.39, 0.29) is 6.61 Å². The molecule has 0 spiro atoms. The van der Waals surface area contributed by atoms with E-state index in [0.29, 0.717) is 21.3 Å². The molecule has 0 saturated heterocycles. The standard InChI is InChI=1S/C17H16ClNO4S/c1-22-13-6-5-11(18)8-12(13)19-16(20)9-23-17(21)15-7-10-3-2-4-14(10)24-15/h5-8H,2-4,9H2,1H3,(H,19,20). The zero-order valence-corrected chi connectivity index (χ0v) is 14.6. The van der Waals surface area contributed by atoms with Crippen LogP contribution in [0.3, 0.4) is 0 Å². The SMILES string of the molecule is COc1ccc(Cl)cc1NC(=O)COC(=O)c1cc2c(s1)CCC2. The van der Waals surface area contributed by atoms with Crippen molar-refractivity contribution in [1.82, 2.24) is 0 Å². The quantitative estimate of drug-likeness (QED) is 0.820. The number of amides is 1. The van der Waals surface area contributed by atoms with Gasteiger partial charge in [0.1, 0.15) is 10.6 Å². The number of nitrogens with one attached hydrogen (secondary N) is 1. The highest BCUT2D eigenvalue weighted by Gasteiger charge is 2.20. The van der Waals surface area contributed by atoms with Gasteiger partial charge in [0, 0.05) is 9.90 Å². The van der Waals surface area contributed by atoms with E-state index in [1.807, 2.05) is 6.07 Å². The van der Waals surface area contributed by atoms with Gasteiger partial charge in [0.05, 0.1) is 12.8 Å². The van der Waals surface area contributed by atoms with Crippen molar-refractivity contribution in [3.05, 3.63) is 44.6 Å². The van der Waals surface area contributed by atoms with Gasteiger partial charge in [0.2, 0.25) is 0 Å². The minimum Gasteiger partial charge on any atom is -0.495 e. The summed E-state index contributed by atoms with van der Waals surface area (Å²) in [4.78, 5) is 25.8. The van der Waals surface area contributed by atoms with Crippen molar-refractivity contribution in [3.8, 4) is 5.75 Å². The molecule has 1 heterocycles. The normalized spacial score (nSPS) is 12.6. The van der Waals surface area contributed by atoms with Crippen molar-refractivity contribution >= 4 is 40.5 Å². The summed E-state index contributed by atoms with van der Waals surface area (Å²) in [7, 11) is 1.49. The van der Waals surface area contributed by atoms with Crippen LogP contribution in [0.2, 0.25) is 5.02 Å². The average Bonchev–Trinajstić information content (AvgIpc) is 3.14. The molecule has 0 atom stereocenters. The fourth-order valence-corrected chi connectivity index (χ4v) is 3.92. The van der Waals surface area contributed by atoms with Crippen LogP contribution in [0.5, 0.6) is 5.75 Å². The number of esters is 1. The van der Waals surface area contributed by atoms with E-state index in [4.69, 9.17) is 21.1 Å². The Bertz CT molecular complexity index is 765. The maximum absolute atomic E-state index is 12.0. The van der Waals surface area contributed by atoms with Crippen LogP contribution < -0.4 is 10.1 Å². The summed E-state index contributed by atoms with van der Waals surface area (Å²) < 4.78 is 10.2. The van der Waals surface area contributed by atoms with Crippen LogP contribution >= 0.6 is 22.9 Å². The lowest BCUT2D eigenvalue weighted by Crippen LogP contribution is -2.21. The number of benzene rings is 1. The monoisotopic (exact) mass is 365 g/mol. The number of carbonyl (C=O) groups is 2. The minimum absolute atomic E-state index is 0.364. The predicted molar refractivity (Wildman–Crippen MR) is 93.3 cm³/mol. The number of thiophene rings is 1. The van der Waals surface area contributed by atoms with E-state index in [1.54, 1.807) is 18.2 Å². The summed E-state index contributed by atoms with van der Waals surface area (Å²) in [6.07, 6.45) is 3.16. The second-order valence-corrected chi connectivity index (χ2v) is 6.95. The van der Waals surface area contributed by atoms with Crippen molar-refractivity contribution in [3.63, 3.8) is 0 Å². The Morgan fingerprint density at radius 3 is 2.88 bits per heavy atom. The van der Waals surface area contributed by atoms with Crippen molar-refractivity contribution in [2.75, 3.05) is 19.0 Å². The number of hydrogen-bond acceptors (Lipinski definition) is 5. The largest absolute Gasteiger partial charge is 0.495 e. The van der Waals surface area contributed by atoms with Gasteiger partial charge < -0.3 is 14.8 Å². The van der Waals surface area contributed by atoms with Gasteiger partial charge in [0.15, 0.2) is 6.61 Å². The molecule has 24 heavy (non-hydrogen) atoms. The lowest BCUT2D eigenvalue weighted by atomic mass is 10.2. The Kier molecular flexibility index (Phi) is 5.06. The number of carbonyl (C=O) groups excluding carboxylic acids is 2. The summed E-state index contributed by atoms with van der Waals surface area (Å²) in [6.45, 7) is -0.364. The first kappa shape index (κ1) is 16.8. The summed E-state index contributed by atoms with van der Waals surface area (Å²) in [6, 6.07) is 6.75. The van der Waals surface area contributed by atoms with Crippen LogP contribution in [0.4, 0.5) is 5.69 Å². The molecule has 7 heteroatoms. The zero-order valence-electron chi connectivity index (χ0n) is 13.1. The van der Waals surface area contributed by atoms with E-state index in [0.717, 1.165) is 19.3 Å². The molecule has 1 N–H and O–H groups in total. The number of anilines is 1. The Morgan fingerprint density at radius 2 is 2.12 bits per heavy atom. The third kappa shape index (κ3) is 3.71. The number of aryl methyl sites for hydroxylation is 2. The van der Waals surface area contributed by atoms with Crippen LogP contribution in [0, 0.1) is 0 Å². The third-order valence-electron chi connectivity index (χ3n) is 3.72. The molecular weight excluding hydrogens is 350 g/mol. The molecule has 1 amide bonds. The number of hydrogen-bond donors (Lipinski definition) is 1. The van der Waals surface area contributed by atoms with Crippen molar-refractivity contribution < 1.29 is 19.1 Å². The van der Waals surface area contributed by atoms with Gasteiger partial charge >= 0.3 is 5.97 Å². The molecule has 1 aliphatic rings. The van der Waals surface area contributed by atoms with Gasteiger partial charge in [0.25, 0.3) is 5.91 Å². The number of rotatable bonds is 5. The van der Waals surface area contributed by atoms with Crippen LogP contribution in [-0.4, -0.2) is 25.6 Å². The minimum atomic E-state index is -0.470. The Morgan fingerprint density at radius 1 is 1.29 bits per heavy atom. The maximum Gasteiger partial charge on any atom is 0.348 e. The van der Waals surface area contributed by atoms with Crippen molar-refractivity contribution in [1.29, 1.82) is 0 Å². The van der Waals surface area contributed by atoms with Crippen LogP contribution in [0.1, 0.15) is 26.5 Å². The summed E-state index contributed by atoms with van der Waals surface area (Å²) >= 11 is 7.36. The molecule has 0 saturated carbocycles. The second kappa shape index (κ2) is 7.23. The molecule has 0 bridgehead atoms. The van der Waals surface area contributed by atoms with Crippen LogP contribution in [-0.2, 0) is 22.4 Å². The first-order valence-electron chi connectivity index (χ1n) is 7.49. The number of halogens is 1. The third-order valence-corrected chi connectivity index (χ3v) is 5.17. The summed E-state index contributed by atoms with van der Waals surface area (Å²) in [5.74, 6) is -0.440. The van der Waals surface area contributed by atoms with Crippen LogP contribution in [0.15, 0.2) is 24.3 Å². The average molecular weight is 366 g/mol. The molecule has 0 aliphatic heterocycles. The van der Waals surface area contributed by atoms with E-state index in [2.05, 4.69) is 5.32 Å². The van der Waals surface area contributed by atoms with E-state index < -0.39 is 11.9 Å². The molecule has 1 aliphatic carbocycles. The highest BCUT2D eigenvalue weighted by atomic mass is 35.5. The first-order valence-corrected chi connectivity index (χ1v) is 8.68. The highest BCUT2D eigenvalue weighted by Crippen LogP contribution is 2.31. The smallest absolute Gasteiger partial charge is 0.348 e. The van der Waals surface area contributed by atoms with Crippen LogP contribution in [0.25, 0.3) is 0 Å². The fraction of sp³-hybridized carbons (Fsp3) is 0.294. The number of fused-ring (bicyclic) bond motifs is 1. The Labute approximate surface area is 148 Å². The number of methoxy groups -OCH3 is 1. The fourth-order valence-electron chi connectivity index (χ4n) is 2.60. The van der Waals surface area contributed by atoms with Crippen molar-refractivity contribution in [2.24, 2.45) is 0 Å². The molecule has 5 nitrogen and oxygen atoms in total. The lowest BCUT2D eigenvalue weighted by Gasteiger charge is -2.10. The molecular formula is C17H16ClNO4S. The van der Waals surface area contributed by atoms with Gasteiger partial charge in [-0.25, -0.2) is 4.79 Å². The topological polar surface area (TPSA) is 64.6 Å². The van der Waals surface area contributed by atoms with E-state index in [1.165, 1.54) is 28.9 Å². The Balaban J connectivity index is 1.57. The molecule has 1 aromatic heterocycles. The van der Waals surface area contributed by atoms with Gasteiger partial charge in [-0.1, -0.05) is 11.6 Å². The maximum atomic E-state index is 12.0. The molecule has 1 aromatic carbocycles. The van der Waals surface area contributed by atoms with Gasteiger partial charge in [-0.2, -0.15) is 0 Å². The molecule has 0 unspecified atom stereocenters. The summed E-state index contributed by atoms with van der Waals surface area (Å²) in [5, 5.41) is 3.09. The lowest BCUT2D eigenvalue weighted by molar-refractivity contribution is -0.119. The van der Waals surface area contributed by atoms with Crippen molar-refractivity contribution in [2.45, 2.75) is 19.3 Å². The van der Waals surface area contributed by atoms with E-state index >= 15 is 0 Å². The van der Waals surface area contributed by atoms with E-state index in [9.17, 15) is 9.59 Å². The molecule has 0 fully saturated rings. The highest BCUT2D eigenvalue weighted by molar-refractivity contribution is 7.14. The zero-order chi connectivity index (χ0) is 17.1. The molecule has 0 radical (unpaired) electrons. The Hall–Kier alpha value is -2.05. The molecule has 126 valence electrons. The first-order chi connectivity index (χ1) is 11.6. The molecule has 3 rings (SSSR count). The van der Waals surface area contributed by atoms with Gasteiger partial charge in [-0.15, -0.1) is 11.3 Å². The van der Waals surface area contributed by atoms with Gasteiger partial charge in [-0.05, 0) is 49.1 Å². The predicted octanol–water partition coefficient (Wildman–Crippen LogP) is 3.69. The second-order valence-electron chi connectivity index (χ2n) is 5.38. The van der Waals surface area contributed by atoms with Gasteiger partial charge in [-0.3, -0.25) is 4.79 Å². The summed E-state index contributed by atoms with van der Waals surface area (Å²) in [5.41, 5.74) is 1.65. The number of ether oxygens (including phenoxy) is 2. The molecule has 2 aromatic rings.